The van der Waals surface area contributed by atoms with Crippen LogP contribution in [0.4, 0.5) is 5.69 Å². The molecule has 0 aliphatic heterocycles. The molecular formula is C17H19N3O3S. The Morgan fingerprint density at radius 1 is 1.00 bits per heavy atom. The number of ether oxygens (including phenoxy) is 3. The van der Waals surface area contributed by atoms with Gasteiger partial charge >= 0.3 is 0 Å². The van der Waals surface area contributed by atoms with E-state index < -0.39 is 0 Å². The van der Waals surface area contributed by atoms with Crippen molar-refractivity contribution in [3.63, 3.8) is 0 Å². The SMILES string of the molecule is COc1ccc(NC(=S)N/N=C\c2cccc(OC)c2OC)cc1. The minimum atomic E-state index is 0.373. The molecule has 0 aliphatic rings. The van der Waals surface area contributed by atoms with Crippen molar-refractivity contribution in [3.05, 3.63) is 48.0 Å². The quantitative estimate of drug-likeness (QED) is 0.477. The Balaban J connectivity index is 1.97. The Kier molecular flexibility index (Phi) is 6.39. The van der Waals surface area contributed by atoms with Crippen molar-refractivity contribution in [1.29, 1.82) is 0 Å². The summed E-state index contributed by atoms with van der Waals surface area (Å²) < 4.78 is 15.7. The lowest BCUT2D eigenvalue weighted by Crippen LogP contribution is -2.23. The zero-order chi connectivity index (χ0) is 17.4. The highest BCUT2D eigenvalue weighted by Crippen LogP contribution is 2.29. The van der Waals surface area contributed by atoms with Crippen LogP contribution in [0, 0.1) is 0 Å². The molecule has 0 heterocycles. The van der Waals surface area contributed by atoms with Crippen molar-refractivity contribution in [2.45, 2.75) is 0 Å². The van der Waals surface area contributed by atoms with E-state index in [0.717, 1.165) is 17.0 Å². The first kappa shape index (κ1) is 17.6. The second-order valence-corrected chi connectivity index (χ2v) is 5.04. The van der Waals surface area contributed by atoms with Gasteiger partial charge in [-0.15, -0.1) is 0 Å². The van der Waals surface area contributed by atoms with Crippen LogP contribution in [0.5, 0.6) is 17.2 Å². The summed E-state index contributed by atoms with van der Waals surface area (Å²) in [5.41, 5.74) is 4.37. The Morgan fingerprint density at radius 2 is 1.75 bits per heavy atom. The number of nitrogens with one attached hydrogen (secondary N) is 2. The number of anilines is 1. The van der Waals surface area contributed by atoms with Gasteiger partial charge in [-0.1, -0.05) is 6.07 Å². The molecule has 0 spiro atoms. The number of hydrazone groups is 1. The molecule has 0 fully saturated rings. The van der Waals surface area contributed by atoms with Gasteiger partial charge in [0.2, 0.25) is 0 Å². The molecule has 7 heteroatoms. The predicted octanol–water partition coefficient (Wildman–Crippen LogP) is 3.03. The lowest BCUT2D eigenvalue weighted by molar-refractivity contribution is 0.354. The molecule has 0 bridgehead atoms. The number of thiocarbonyl (C=S) groups is 1. The summed E-state index contributed by atoms with van der Waals surface area (Å²) >= 11 is 5.20. The first-order valence-electron chi connectivity index (χ1n) is 7.13. The van der Waals surface area contributed by atoms with Gasteiger partial charge < -0.3 is 19.5 Å². The molecule has 0 saturated carbocycles. The van der Waals surface area contributed by atoms with Crippen LogP contribution in [-0.4, -0.2) is 32.7 Å². The summed E-state index contributed by atoms with van der Waals surface area (Å²) in [6.45, 7) is 0. The molecule has 6 nitrogen and oxygen atoms in total. The summed E-state index contributed by atoms with van der Waals surface area (Å²) in [7, 11) is 4.79. The van der Waals surface area contributed by atoms with E-state index >= 15 is 0 Å². The Hall–Kier alpha value is -2.80. The van der Waals surface area contributed by atoms with Gasteiger partial charge in [-0.3, -0.25) is 5.43 Å². The van der Waals surface area contributed by atoms with Gasteiger partial charge in [0.05, 0.1) is 27.5 Å². The lowest BCUT2D eigenvalue weighted by atomic mass is 10.2. The van der Waals surface area contributed by atoms with Gasteiger partial charge in [0.25, 0.3) is 0 Å². The van der Waals surface area contributed by atoms with Gasteiger partial charge in [0, 0.05) is 11.3 Å². The van der Waals surface area contributed by atoms with Crippen molar-refractivity contribution in [3.8, 4) is 17.2 Å². The molecule has 0 radical (unpaired) electrons. The summed E-state index contributed by atoms with van der Waals surface area (Å²) in [5, 5.41) is 7.52. The molecule has 0 aromatic heterocycles. The fourth-order valence-corrected chi connectivity index (χ4v) is 2.18. The smallest absolute Gasteiger partial charge is 0.191 e. The minimum Gasteiger partial charge on any atom is -0.497 e. The third-order valence-corrected chi connectivity index (χ3v) is 3.34. The highest BCUT2D eigenvalue weighted by atomic mass is 32.1. The Labute approximate surface area is 146 Å². The topological polar surface area (TPSA) is 64.1 Å². The molecule has 2 aromatic carbocycles. The molecular weight excluding hydrogens is 326 g/mol. The van der Waals surface area contributed by atoms with Gasteiger partial charge in [0.1, 0.15) is 5.75 Å². The molecule has 0 aliphatic carbocycles. The molecule has 0 amide bonds. The van der Waals surface area contributed by atoms with Gasteiger partial charge in [-0.2, -0.15) is 5.10 Å². The van der Waals surface area contributed by atoms with Crippen LogP contribution in [0.15, 0.2) is 47.6 Å². The maximum absolute atomic E-state index is 5.34. The number of hydrogen-bond donors (Lipinski definition) is 2. The molecule has 0 atom stereocenters. The second-order valence-electron chi connectivity index (χ2n) is 4.64. The zero-order valence-corrected chi connectivity index (χ0v) is 14.5. The van der Waals surface area contributed by atoms with Crippen molar-refractivity contribution >= 4 is 29.2 Å². The average molecular weight is 345 g/mol. The van der Waals surface area contributed by atoms with Crippen molar-refractivity contribution in [2.75, 3.05) is 26.6 Å². The van der Waals surface area contributed by atoms with E-state index in [4.69, 9.17) is 26.4 Å². The van der Waals surface area contributed by atoms with Crippen LogP contribution in [0.2, 0.25) is 0 Å². The van der Waals surface area contributed by atoms with E-state index in [9.17, 15) is 0 Å². The number of hydrogen-bond acceptors (Lipinski definition) is 5. The van der Waals surface area contributed by atoms with Gasteiger partial charge in [-0.25, -0.2) is 0 Å². The molecule has 2 rings (SSSR count). The van der Waals surface area contributed by atoms with Crippen LogP contribution >= 0.6 is 12.2 Å². The van der Waals surface area contributed by atoms with Crippen LogP contribution in [0.1, 0.15) is 5.56 Å². The van der Waals surface area contributed by atoms with E-state index in [1.54, 1.807) is 27.5 Å². The largest absolute Gasteiger partial charge is 0.497 e. The van der Waals surface area contributed by atoms with Crippen molar-refractivity contribution in [2.24, 2.45) is 5.10 Å². The summed E-state index contributed by atoms with van der Waals surface area (Å²) in [6.07, 6.45) is 1.61. The Morgan fingerprint density at radius 3 is 2.38 bits per heavy atom. The van der Waals surface area contributed by atoms with Crippen molar-refractivity contribution in [1.82, 2.24) is 5.43 Å². The van der Waals surface area contributed by atoms with E-state index in [1.807, 2.05) is 42.5 Å². The van der Waals surface area contributed by atoms with E-state index in [0.29, 0.717) is 16.6 Å². The van der Waals surface area contributed by atoms with Gasteiger partial charge in [0.15, 0.2) is 16.6 Å². The summed E-state index contributed by atoms with van der Waals surface area (Å²) in [5.74, 6) is 2.03. The molecule has 24 heavy (non-hydrogen) atoms. The molecule has 0 saturated heterocycles. The van der Waals surface area contributed by atoms with Crippen LogP contribution in [-0.2, 0) is 0 Å². The average Bonchev–Trinajstić information content (AvgIpc) is 2.62. The van der Waals surface area contributed by atoms with Crippen LogP contribution in [0.25, 0.3) is 0 Å². The summed E-state index contributed by atoms with van der Waals surface area (Å²) in [6, 6.07) is 13.0. The third kappa shape index (κ3) is 4.60. The number of methoxy groups -OCH3 is 3. The maximum atomic E-state index is 5.34. The highest BCUT2D eigenvalue weighted by molar-refractivity contribution is 7.80. The first-order chi connectivity index (χ1) is 11.7. The number of para-hydroxylation sites is 1. The fraction of sp³-hybridized carbons (Fsp3) is 0.176. The summed E-state index contributed by atoms with van der Waals surface area (Å²) in [4.78, 5) is 0. The number of benzene rings is 2. The molecule has 2 aromatic rings. The predicted molar refractivity (Wildman–Crippen MR) is 99.5 cm³/mol. The van der Waals surface area contributed by atoms with E-state index in [2.05, 4.69) is 15.8 Å². The third-order valence-electron chi connectivity index (χ3n) is 3.15. The van der Waals surface area contributed by atoms with E-state index in [-0.39, 0.29) is 0 Å². The zero-order valence-electron chi connectivity index (χ0n) is 13.7. The molecule has 0 unspecified atom stereocenters. The van der Waals surface area contributed by atoms with Crippen LogP contribution in [0.3, 0.4) is 0 Å². The molecule has 2 N–H and O–H groups in total. The first-order valence-corrected chi connectivity index (χ1v) is 7.54. The number of nitrogens with zero attached hydrogens (tertiary/aromatic N) is 1. The van der Waals surface area contributed by atoms with E-state index in [1.165, 1.54) is 0 Å². The lowest BCUT2D eigenvalue weighted by Gasteiger charge is -2.10. The second kappa shape index (κ2) is 8.73. The number of rotatable bonds is 6. The van der Waals surface area contributed by atoms with Crippen LogP contribution < -0.4 is 25.0 Å². The molecule has 126 valence electrons. The highest BCUT2D eigenvalue weighted by Gasteiger charge is 2.07. The van der Waals surface area contributed by atoms with Gasteiger partial charge in [-0.05, 0) is 48.6 Å². The fourth-order valence-electron chi connectivity index (χ4n) is 2.01. The van der Waals surface area contributed by atoms with Crippen molar-refractivity contribution < 1.29 is 14.2 Å². The minimum absolute atomic E-state index is 0.373. The standard InChI is InChI=1S/C17H19N3O3S/c1-21-14-9-7-13(8-10-14)19-17(24)20-18-11-12-5-4-6-15(22-2)16(12)23-3/h4-11H,1-3H3,(H2,19,20,24)/b18-11-. The Bertz CT molecular complexity index is 718. The normalized spacial score (nSPS) is 10.3. The monoisotopic (exact) mass is 345 g/mol. The maximum Gasteiger partial charge on any atom is 0.191 e.